The number of aromatic amines is 1. The van der Waals surface area contributed by atoms with Gasteiger partial charge in [-0.25, -0.2) is 0 Å². The maximum atomic E-state index is 3.87. The third kappa shape index (κ3) is 1.57. The van der Waals surface area contributed by atoms with Gasteiger partial charge in [0.1, 0.15) is 0 Å². The number of hydrogen-bond donors (Lipinski definition) is 2. The Balaban J connectivity index is 1.67. The van der Waals surface area contributed by atoms with Crippen LogP contribution in [0.4, 0.5) is 5.69 Å². The van der Waals surface area contributed by atoms with E-state index in [1.807, 2.05) is 6.20 Å². The van der Waals surface area contributed by atoms with Crippen LogP contribution in [-0.4, -0.2) is 11.0 Å². The Hall–Kier alpha value is -1.44. The van der Waals surface area contributed by atoms with Crippen molar-refractivity contribution in [3.8, 4) is 0 Å². The molecule has 0 aliphatic heterocycles. The van der Waals surface area contributed by atoms with Crippen molar-refractivity contribution >= 4 is 16.6 Å². The van der Waals surface area contributed by atoms with Gasteiger partial charge in [0.2, 0.25) is 0 Å². The van der Waals surface area contributed by atoms with Crippen molar-refractivity contribution in [1.82, 2.24) is 4.98 Å². The van der Waals surface area contributed by atoms with E-state index in [9.17, 15) is 0 Å². The van der Waals surface area contributed by atoms with E-state index in [1.54, 1.807) is 0 Å². The fourth-order valence-corrected chi connectivity index (χ4v) is 4.97. The molecule has 2 nitrogen and oxygen atoms in total. The van der Waals surface area contributed by atoms with Crippen LogP contribution < -0.4 is 5.32 Å². The van der Waals surface area contributed by atoms with Gasteiger partial charge in [-0.15, -0.1) is 0 Å². The first-order valence-corrected chi connectivity index (χ1v) is 7.83. The van der Waals surface area contributed by atoms with Crippen LogP contribution in [0.2, 0.25) is 0 Å². The second kappa shape index (κ2) is 3.81. The monoisotopic (exact) mass is 268 g/mol. The number of aromatic nitrogens is 1. The van der Waals surface area contributed by atoms with Crippen molar-refractivity contribution in [3.05, 3.63) is 30.5 Å². The van der Waals surface area contributed by atoms with Crippen molar-refractivity contribution < 1.29 is 0 Å². The molecule has 0 amide bonds. The standard InChI is InChI=1S/C18H24N2/c1-17(2)13-6-8-18(3,11-13)16(17)20-14-4-5-15-12(10-14)7-9-19-15/h4-5,7,9-10,13,16,19-20H,6,8,11H2,1-3H3/t13-,16?,18+/m0/s1. The molecule has 106 valence electrons. The van der Waals surface area contributed by atoms with Crippen LogP contribution in [0.25, 0.3) is 10.9 Å². The van der Waals surface area contributed by atoms with Gasteiger partial charge in [0, 0.05) is 28.8 Å². The number of rotatable bonds is 2. The zero-order valence-electron chi connectivity index (χ0n) is 12.7. The molecule has 0 saturated heterocycles. The molecule has 2 fully saturated rings. The molecule has 2 N–H and O–H groups in total. The Morgan fingerprint density at radius 3 is 2.80 bits per heavy atom. The quantitative estimate of drug-likeness (QED) is 0.805. The van der Waals surface area contributed by atoms with Gasteiger partial charge in [-0.3, -0.25) is 0 Å². The molecule has 4 rings (SSSR count). The number of hydrogen-bond acceptors (Lipinski definition) is 1. The molecule has 1 aromatic heterocycles. The smallest absolute Gasteiger partial charge is 0.0455 e. The number of fused-ring (bicyclic) bond motifs is 3. The van der Waals surface area contributed by atoms with E-state index in [0.717, 1.165) is 5.92 Å². The first-order chi connectivity index (χ1) is 9.49. The minimum absolute atomic E-state index is 0.403. The summed E-state index contributed by atoms with van der Waals surface area (Å²) in [5.41, 5.74) is 3.36. The van der Waals surface area contributed by atoms with Crippen LogP contribution >= 0.6 is 0 Å². The van der Waals surface area contributed by atoms with Gasteiger partial charge in [-0.1, -0.05) is 20.8 Å². The lowest BCUT2D eigenvalue weighted by Gasteiger charge is -2.43. The van der Waals surface area contributed by atoms with E-state index in [-0.39, 0.29) is 0 Å². The molecule has 2 heteroatoms. The zero-order chi connectivity index (χ0) is 14.0. The highest BCUT2D eigenvalue weighted by Gasteiger charge is 2.59. The minimum Gasteiger partial charge on any atom is -0.381 e. The van der Waals surface area contributed by atoms with Gasteiger partial charge in [0.05, 0.1) is 0 Å². The Kier molecular flexibility index (Phi) is 2.34. The van der Waals surface area contributed by atoms with Crippen molar-refractivity contribution in [2.45, 2.75) is 46.1 Å². The summed E-state index contributed by atoms with van der Waals surface area (Å²) < 4.78 is 0. The minimum atomic E-state index is 0.403. The van der Waals surface area contributed by atoms with Crippen molar-refractivity contribution in [2.24, 2.45) is 16.7 Å². The number of nitrogens with one attached hydrogen (secondary N) is 2. The summed E-state index contributed by atoms with van der Waals surface area (Å²) in [4.78, 5) is 3.26. The Labute approximate surface area is 121 Å². The van der Waals surface area contributed by atoms with Crippen LogP contribution in [0.1, 0.15) is 40.0 Å². The van der Waals surface area contributed by atoms with Crippen LogP contribution in [0.15, 0.2) is 30.5 Å². The molecule has 2 aliphatic rings. The second-order valence-electron chi connectivity index (χ2n) is 7.77. The van der Waals surface area contributed by atoms with Gasteiger partial charge in [-0.05, 0) is 60.3 Å². The third-order valence-electron chi connectivity index (χ3n) is 6.13. The fourth-order valence-electron chi connectivity index (χ4n) is 4.97. The van der Waals surface area contributed by atoms with E-state index in [2.05, 4.69) is 55.3 Å². The van der Waals surface area contributed by atoms with Gasteiger partial charge in [0.25, 0.3) is 0 Å². The maximum absolute atomic E-state index is 3.87. The summed E-state index contributed by atoms with van der Waals surface area (Å²) in [6.07, 6.45) is 6.20. The van der Waals surface area contributed by atoms with E-state index in [0.29, 0.717) is 16.9 Å². The summed E-state index contributed by atoms with van der Waals surface area (Å²) in [5, 5.41) is 5.16. The molecule has 1 heterocycles. The molecule has 2 saturated carbocycles. The lowest BCUT2D eigenvalue weighted by molar-refractivity contribution is 0.155. The molecule has 0 spiro atoms. The third-order valence-corrected chi connectivity index (χ3v) is 6.13. The fraction of sp³-hybridized carbons (Fsp3) is 0.556. The van der Waals surface area contributed by atoms with Crippen LogP contribution in [0, 0.1) is 16.7 Å². The summed E-state index contributed by atoms with van der Waals surface area (Å²) in [6.45, 7) is 7.39. The molecule has 2 aromatic rings. The maximum Gasteiger partial charge on any atom is 0.0455 e. The molecule has 20 heavy (non-hydrogen) atoms. The highest BCUT2D eigenvalue weighted by atomic mass is 15.0. The SMILES string of the molecule is CC1(C)C(Nc2ccc3[nH]ccc3c2)[C@]2(C)CC[C@H]1C2. The van der Waals surface area contributed by atoms with Crippen LogP contribution in [0.3, 0.4) is 0 Å². The molecular formula is C18H24N2. The van der Waals surface area contributed by atoms with Crippen molar-refractivity contribution in [1.29, 1.82) is 0 Å². The zero-order valence-corrected chi connectivity index (χ0v) is 12.7. The largest absolute Gasteiger partial charge is 0.381 e. The topological polar surface area (TPSA) is 27.8 Å². The summed E-state index contributed by atoms with van der Waals surface area (Å²) in [7, 11) is 0. The first-order valence-electron chi connectivity index (χ1n) is 7.83. The lowest BCUT2D eigenvalue weighted by Crippen LogP contribution is -2.45. The average Bonchev–Trinajstić information content (AvgIpc) is 3.05. The van der Waals surface area contributed by atoms with E-state index in [4.69, 9.17) is 0 Å². The highest BCUT2D eigenvalue weighted by molar-refractivity contribution is 5.83. The molecular weight excluding hydrogens is 244 g/mol. The molecule has 3 atom stereocenters. The van der Waals surface area contributed by atoms with Crippen molar-refractivity contribution in [3.63, 3.8) is 0 Å². The summed E-state index contributed by atoms with van der Waals surface area (Å²) in [6, 6.07) is 9.40. The van der Waals surface area contributed by atoms with Gasteiger partial charge >= 0.3 is 0 Å². The van der Waals surface area contributed by atoms with Gasteiger partial charge < -0.3 is 10.3 Å². The Bertz CT molecular complexity index is 649. The first kappa shape index (κ1) is 12.3. The number of benzene rings is 1. The van der Waals surface area contributed by atoms with Crippen LogP contribution in [-0.2, 0) is 0 Å². The predicted octanol–water partition coefficient (Wildman–Crippen LogP) is 4.79. The highest BCUT2D eigenvalue weighted by Crippen LogP contribution is 2.63. The lowest BCUT2D eigenvalue weighted by atomic mass is 9.68. The number of anilines is 1. The van der Waals surface area contributed by atoms with E-state index < -0.39 is 0 Å². The van der Waals surface area contributed by atoms with Crippen LogP contribution in [0.5, 0.6) is 0 Å². The average molecular weight is 268 g/mol. The predicted molar refractivity (Wildman–Crippen MR) is 84.9 cm³/mol. The van der Waals surface area contributed by atoms with Crippen molar-refractivity contribution in [2.75, 3.05) is 5.32 Å². The summed E-state index contributed by atoms with van der Waals surface area (Å²) in [5.74, 6) is 0.890. The molecule has 1 aromatic carbocycles. The Morgan fingerprint density at radius 2 is 2.05 bits per heavy atom. The Morgan fingerprint density at radius 1 is 1.20 bits per heavy atom. The molecule has 2 bridgehead atoms. The summed E-state index contributed by atoms with van der Waals surface area (Å²) >= 11 is 0. The van der Waals surface area contributed by atoms with E-state index in [1.165, 1.54) is 35.9 Å². The normalized spacial score (nSPS) is 34.8. The second-order valence-corrected chi connectivity index (χ2v) is 7.77. The van der Waals surface area contributed by atoms with E-state index >= 15 is 0 Å². The molecule has 0 radical (unpaired) electrons. The van der Waals surface area contributed by atoms with Gasteiger partial charge in [-0.2, -0.15) is 0 Å². The molecule has 2 aliphatic carbocycles. The molecule has 1 unspecified atom stereocenters. The number of H-pyrrole nitrogens is 1. The van der Waals surface area contributed by atoms with Gasteiger partial charge in [0.15, 0.2) is 0 Å².